The minimum atomic E-state index is -0.200. The summed E-state index contributed by atoms with van der Waals surface area (Å²) in [6, 6.07) is 12.2. The van der Waals surface area contributed by atoms with Crippen molar-refractivity contribution in [3.05, 3.63) is 64.4 Å². The van der Waals surface area contributed by atoms with Crippen LogP contribution in [0.4, 0.5) is 10.1 Å². The highest BCUT2D eigenvalue weighted by atomic mass is 35.5. The molecule has 0 spiro atoms. The number of carbonyl (C=O) groups excluding carboxylic acids is 1. The van der Waals surface area contributed by atoms with Crippen molar-refractivity contribution in [3.63, 3.8) is 0 Å². The molecule has 0 unspecified atom stereocenters. The second kappa shape index (κ2) is 8.62. The summed E-state index contributed by atoms with van der Waals surface area (Å²) in [6.07, 6.45) is 0. The van der Waals surface area contributed by atoms with Gasteiger partial charge in [0.2, 0.25) is 5.91 Å². The monoisotopic (exact) mass is 375 g/mol. The predicted molar refractivity (Wildman–Crippen MR) is 103 cm³/mol. The van der Waals surface area contributed by atoms with Crippen LogP contribution < -0.4 is 5.32 Å². The first-order valence-corrected chi connectivity index (χ1v) is 9.12. The van der Waals surface area contributed by atoms with Gasteiger partial charge in [0.15, 0.2) is 0 Å². The van der Waals surface area contributed by atoms with E-state index in [1.807, 2.05) is 25.1 Å². The van der Waals surface area contributed by atoms with Crippen molar-refractivity contribution in [2.24, 2.45) is 0 Å². The van der Waals surface area contributed by atoms with Crippen LogP contribution in [0.2, 0.25) is 5.02 Å². The Kier molecular flexibility index (Phi) is 6.25. The lowest BCUT2D eigenvalue weighted by Gasteiger charge is -2.34. The van der Waals surface area contributed by atoms with Gasteiger partial charge in [-0.25, -0.2) is 4.39 Å². The summed E-state index contributed by atoms with van der Waals surface area (Å²) in [5.74, 6) is -0.233. The van der Waals surface area contributed by atoms with Gasteiger partial charge in [-0.1, -0.05) is 29.8 Å². The van der Waals surface area contributed by atoms with Crippen molar-refractivity contribution in [1.82, 2.24) is 9.80 Å². The average molecular weight is 376 g/mol. The second-order valence-electron chi connectivity index (χ2n) is 6.69. The third-order valence-corrected chi connectivity index (χ3v) is 4.84. The Morgan fingerprint density at radius 1 is 1.12 bits per heavy atom. The molecule has 4 nitrogen and oxygen atoms in total. The van der Waals surface area contributed by atoms with Gasteiger partial charge in [0.05, 0.1) is 6.54 Å². The van der Waals surface area contributed by atoms with Crippen LogP contribution in [0.1, 0.15) is 11.1 Å². The van der Waals surface area contributed by atoms with E-state index in [-0.39, 0.29) is 11.7 Å². The number of amides is 1. The highest BCUT2D eigenvalue weighted by Crippen LogP contribution is 2.20. The number of aryl methyl sites for hydroxylation is 1. The van der Waals surface area contributed by atoms with Gasteiger partial charge < -0.3 is 5.32 Å². The minimum Gasteiger partial charge on any atom is -0.325 e. The van der Waals surface area contributed by atoms with E-state index in [0.717, 1.165) is 49.5 Å². The van der Waals surface area contributed by atoms with E-state index in [4.69, 9.17) is 11.6 Å². The van der Waals surface area contributed by atoms with Crippen molar-refractivity contribution >= 4 is 23.2 Å². The fourth-order valence-corrected chi connectivity index (χ4v) is 3.29. The van der Waals surface area contributed by atoms with Crippen molar-refractivity contribution in [2.45, 2.75) is 13.5 Å². The molecule has 0 aliphatic carbocycles. The van der Waals surface area contributed by atoms with E-state index >= 15 is 0 Å². The predicted octanol–water partition coefficient (Wildman–Crippen LogP) is 3.54. The number of piperazine rings is 1. The highest BCUT2D eigenvalue weighted by Gasteiger charge is 2.19. The van der Waals surface area contributed by atoms with E-state index in [0.29, 0.717) is 11.6 Å². The summed E-state index contributed by atoms with van der Waals surface area (Å²) in [6.45, 7) is 6.39. The maximum absolute atomic E-state index is 13.3. The number of nitrogens with one attached hydrogen (secondary N) is 1. The summed E-state index contributed by atoms with van der Waals surface area (Å²) >= 11 is 5.99. The zero-order valence-corrected chi connectivity index (χ0v) is 15.6. The molecule has 138 valence electrons. The molecule has 26 heavy (non-hydrogen) atoms. The van der Waals surface area contributed by atoms with Gasteiger partial charge in [-0.05, 0) is 42.3 Å². The maximum atomic E-state index is 13.3. The van der Waals surface area contributed by atoms with Crippen LogP contribution in [0.15, 0.2) is 42.5 Å². The Balaban J connectivity index is 1.46. The largest absolute Gasteiger partial charge is 0.325 e. The molecule has 0 bridgehead atoms. The quantitative estimate of drug-likeness (QED) is 0.868. The first kappa shape index (κ1) is 18.8. The molecule has 0 saturated carbocycles. The number of nitrogens with zero attached hydrogens (tertiary/aromatic N) is 2. The molecular formula is C20H23ClFN3O. The van der Waals surface area contributed by atoms with Crippen molar-refractivity contribution < 1.29 is 9.18 Å². The van der Waals surface area contributed by atoms with Gasteiger partial charge in [0, 0.05) is 43.4 Å². The van der Waals surface area contributed by atoms with Gasteiger partial charge in [-0.15, -0.1) is 0 Å². The van der Waals surface area contributed by atoms with Gasteiger partial charge >= 0.3 is 0 Å². The van der Waals surface area contributed by atoms with E-state index in [2.05, 4.69) is 15.1 Å². The molecule has 0 radical (unpaired) electrons. The smallest absolute Gasteiger partial charge is 0.238 e. The highest BCUT2D eigenvalue weighted by molar-refractivity contribution is 6.31. The van der Waals surface area contributed by atoms with E-state index in [1.165, 1.54) is 6.07 Å². The molecule has 1 aliphatic heterocycles. The number of hydrogen-bond donors (Lipinski definition) is 1. The van der Waals surface area contributed by atoms with E-state index < -0.39 is 0 Å². The molecule has 1 saturated heterocycles. The minimum absolute atomic E-state index is 0.0334. The number of hydrogen-bond acceptors (Lipinski definition) is 3. The lowest BCUT2D eigenvalue weighted by molar-refractivity contribution is -0.117. The first-order chi connectivity index (χ1) is 12.5. The third-order valence-electron chi connectivity index (χ3n) is 4.60. The number of rotatable bonds is 5. The summed E-state index contributed by atoms with van der Waals surface area (Å²) in [7, 11) is 0. The van der Waals surface area contributed by atoms with Crippen LogP contribution in [0, 0.1) is 12.7 Å². The summed E-state index contributed by atoms with van der Waals surface area (Å²) in [5.41, 5.74) is 2.72. The molecule has 1 aliphatic rings. The Bertz CT molecular complexity index is 775. The van der Waals surface area contributed by atoms with Crippen molar-refractivity contribution in [1.29, 1.82) is 0 Å². The molecule has 1 heterocycles. The summed E-state index contributed by atoms with van der Waals surface area (Å²) in [4.78, 5) is 16.7. The Labute approximate surface area is 158 Å². The van der Waals surface area contributed by atoms with Crippen LogP contribution in [0.25, 0.3) is 0 Å². The molecule has 1 N–H and O–H groups in total. The summed E-state index contributed by atoms with van der Waals surface area (Å²) in [5, 5.41) is 3.54. The van der Waals surface area contributed by atoms with Gasteiger partial charge in [0.25, 0.3) is 0 Å². The summed E-state index contributed by atoms with van der Waals surface area (Å²) < 4.78 is 13.3. The fraction of sp³-hybridized carbons (Fsp3) is 0.350. The van der Waals surface area contributed by atoms with Crippen LogP contribution in [0.3, 0.4) is 0 Å². The molecule has 3 rings (SSSR count). The molecule has 1 fully saturated rings. The maximum Gasteiger partial charge on any atom is 0.238 e. The number of benzene rings is 2. The molecule has 0 atom stereocenters. The SMILES string of the molecule is Cc1ccc(Cl)cc1NC(=O)CN1CCN(Cc2cccc(F)c2)CC1. The zero-order chi connectivity index (χ0) is 18.5. The molecular weight excluding hydrogens is 353 g/mol. The fourth-order valence-electron chi connectivity index (χ4n) is 3.12. The zero-order valence-electron chi connectivity index (χ0n) is 14.8. The Morgan fingerprint density at radius 3 is 2.58 bits per heavy atom. The Morgan fingerprint density at radius 2 is 1.85 bits per heavy atom. The van der Waals surface area contributed by atoms with E-state index in [9.17, 15) is 9.18 Å². The van der Waals surface area contributed by atoms with E-state index in [1.54, 1.807) is 18.2 Å². The molecule has 0 aromatic heterocycles. The Hall–Kier alpha value is -1.95. The normalized spacial score (nSPS) is 15.8. The van der Waals surface area contributed by atoms with Crippen molar-refractivity contribution in [3.8, 4) is 0 Å². The molecule has 6 heteroatoms. The molecule has 2 aromatic carbocycles. The van der Waals surface area contributed by atoms with Crippen LogP contribution >= 0.6 is 11.6 Å². The standard InChI is InChI=1S/C20H23ClFN3O/c1-15-5-6-17(21)12-19(15)23-20(26)14-25-9-7-24(8-10-25)13-16-3-2-4-18(22)11-16/h2-6,11-12H,7-10,13-14H2,1H3,(H,23,26). The first-order valence-electron chi connectivity index (χ1n) is 8.75. The lowest BCUT2D eigenvalue weighted by atomic mass is 10.2. The third kappa shape index (κ3) is 5.27. The van der Waals surface area contributed by atoms with Gasteiger partial charge in [-0.3, -0.25) is 14.6 Å². The van der Waals surface area contributed by atoms with Crippen LogP contribution in [-0.4, -0.2) is 48.4 Å². The van der Waals surface area contributed by atoms with Gasteiger partial charge in [0.1, 0.15) is 5.82 Å². The lowest BCUT2D eigenvalue weighted by Crippen LogP contribution is -2.48. The molecule has 1 amide bonds. The molecule has 2 aromatic rings. The van der Waals surface area contributed by atoms with Crippen LogP contribution in [-0.2, 0) is 11.3 Å². The second-order valence-corrected chi connectivity index (χ2v) is 7.13. The van der Waals surface area contributed by atoms with Crippen LogP contribution in [0.5, 0.6) is 0 Å². The number of anilines is 1. The van der Waals surface area contributed by atoms with Crippen molar-refractivity contribution in [2.75, 3.05) is 38.0 Å². The van der Waals surface area contributed by atoms with Gasteiger partial charge in [-0.2, -0.15) is 0 Å². The topological polar surface area (TPSA) is 35.6 Å². The number of halogens is 2. The number of carbonyl (C=O) groups is 1. The average Bonchev–Trinajstić information content (AvgIpc) is 2.60.